The van der Waals surface area contributed by atoms with Gasteiger partial charge in [-0.1, -0.05) is 26.8 Å². The summed E-state index contributed by atoms with van der Waals surface area (Å²) in [7, 11) is 4.06. The van der Waals surface area contributed by atoms with Crippen molar-refractivity contribution >= 4 is 23.0 Å². The molecule has 2 aliphatic rings. The van der Waals surface area contributed by atoms with Gasteiger partial charge in [-0.15, -0.1) is 0 Å². The maximum absolute atomic E-state index is 15.4. The fourth-order valence-corrected chi connectivity index (χ4v) is 6.14. The van der Waals surface area contributed by atoms with Gasteiger partial charge in [0.05, 0.1) is 24.1 Å². The Morgan fingerprint density at radius 2 is 1.70 bits per heavy atom. The second-order valence-electron chi connectivity index (χ2n) is 12.6. The van der Waals surface area contributed by atoms with Crippen LogP contribution in [0.1, 0.15) is 50.8 Å². The number of aryl methyl sites for hydroxylation is 1. The van der Waals surface area contributed by atoms with Gasteiger partial charge < -0.3 is 24.4 Å². The molecule has 2 aliphatic heterocycles. The number of piperidine rings is 1. The van der Waals surface area contributed by atoms with Gasteiger partial charge in [-0.25, -0.2) is 23.1 Å². The summed E-state index contributed by atoms with van der Waals surface area (Å²) in [5.41, 5.74) is 3.74. The summed E-state index contributed by atoms with van der Waals surface area (Å²) in [4.78, 5) is 12.7. The van der Waals surface area contributed by atoms with Crippen LogP contribution in [-0.4, -0.2) is 52.7 Å². The first-order valence-electron chi connectivity index (χ1n) is 14.7. The van der Waals surface area contributed by atoms with Crippen LogP contribution in [0.15, 0.2) is 48.8 Å². The molecular formula is C33H37F3N6O. The first-order chi connectivity index (χ1) is 20.5. The van der Waals surface area contributed by atoms with Crippen LogP contribution in [0.2, 0.25) is 0 Å². The van der Waals surface area contributed by atoms with E-state index in [1.165, 1.54) is 12.1 Å². The van der Waals surface area contributed by atoms with Gasteiger partial charge in [0.1, 0.15) is 18.1 Å². The fourth-order valence-electron chi connectivity index (χ4n) is 6.14. The quantitative estimate of drug-likeness (QED) is 0.264. The number of fused-ring (bicyclic) bond motifs is 1. The van der Waals surface area contributed by atoms with E-state index in [0.29, 0.717) is 30.1 Å². The topological polar surface area (TPSA) is 58.5 Å². The van der Waals surface area contributed by atoms with E-state index in [4.69, 9.17) is 4.74 Å². The van der Waals surface area contributed by atoms with Crippen molar-refractivity contribution < 1.29 is 17.9 Å². The molecule has 0 amide bonds. The summed E-state index contributed by atoms with van der Waals surface area (Å²) in [6, 6.07) is 9.98. The molecule has 0 bridgehead atoms. The lowest BCUT2D eigenvalue weighted by Crippen LogP contribution is -2.29. The number of halogens is 3. The SMILES string of the molecule is CN1CCC(c2ccc(Nc3ncc(F)c(-c4cc(F)c5c(c4)N(c4cc(C(C)(C)C)n(C)c4)CCO5)n3)cc2F)CC1. The van der Waals surface area contributed by atoms with Crippen molar-refractivity contribution in [1.82, 2.24) is 19.4 Å². The second-order valence-corrected chi connectivity index (χ2v) is 12.6. The van der Waals surface area contributed by atoms with Gasteiger partial charge in [-0.2, -0.15) is 0 Å². The van der Waals surface area contributed by atoms with Crippen LogP contribution in [0.3, 0.4) is 0 Å². The Hall–Kier alpha value is -4.05. The predicted octanol–water partition coefficient (Wildman–Crippen LogP) is 7.28. The molecule has 43 heavy (non-hydrogen) atoms. The molecule has 2 aromatic carbocycles. The Labute approximate surface area is 250 Å². The van der Waals surface area contributed by atoms with Crippen LogP contribution in [0, 0.1) is 17.5 Å². The van der Waals surface area contributed by atoms with Crippen LogP contribution in [0.4, 0.5) is 36.2 Å². The Balaban J connectivity index is 1.30. The normalized spacial score (nSPS) is 16.2. The van der Waals surface area contributed by atoms with E-state index in [0.717, 1.165) is 43.5 Å². The van der Waals surface area contributed by atoms with Crippen molar-refractivity contribution in [3.05, 3.63) is 77.5 Å². The minimum atomic E-state index is -0.702. The zero-order valence-corrected chi connectivity index (χ0v) is 25.2. The molecule has 1 saturated heterocycles. The van der Waals surface area contributed by atoms with Gasteiger partial charge >= 0.3 is 0 Å². The molecule has 0 spiro atoms. The molecule has 7 nitrogen and oxygen atoms in total. The Morgan fingerprint density at radius 1 is 0.930 bits per heavy atom. The number of rotatable bonds is 5. The zero-order chi connectivity index (χ0) is 30.5. The molecule has 0 aliphatic carbocycles. The highest BCUT2D eigenvalue weighted by atomic mass is 19.1. The number of hydrogen-bond donors (Lipinski definition) is 1. The van der Waals surface area contributed by atoms with Crippen LogP contribution in [0.25, 0.3) is 11.3 Å². The molecule has 0 radical (unpaired) electrons. The highest BCUT2D eigenvalue weighted by Crippen LogP contribution is 2.43. The number of likely N-dealkylation sites (tertiary alicyclic amines) is 1. The van der Waals surface area contributed by atoms with Crippen LogP contribution >= 0.6 is 0 Å². The van der Waals surface area contributed by atoms with E-state index in [9.17, 15) is 0 Å². The maximum atomic E-state index is 15.4. The zero-order valence-electron chi connectivity index (χ0n) is 25.2. The van der Waals surface area contributed by atoms with E-state index in [1.54, 1.807) is 18.2 Å². The minimum absolute atomic E-state index is 0.0726. The number of benzene rings is 2. The molecule has 2 aromatic heterocycles. The third-order valence-corrected chi connectivity index (χ3v) is 8.38. The number of aromatic nitrogens is 3. The molecule has 0 unspecified atom stereocenters. The van der Waals surface area contributed by atoms with E-state index < -0.39 is 11.6 Å². The first-order valence-corrected chi connectivity index (χ1v) is 14.7. The van der Waals surface area contributed by atoms with Crippen LogP contribution in [-0.2, 0) is 12.5 Å². The molecule has 0 saturated carbocycles. The highest BCUT2D eigenvalue weighted by molar-refractivity contribution is 5.77. The third kappa shape index (κ3) is 5.80. The van der Waals surface area contributed by atoms with Gasteiger partial charge in [0.25, 0.3) is 0 Å². The van der Waals surface area contributed by atoms with Gasteiger partial charge in [0, 0.05) is 35.6 Å². The van der Waals surface area contributed by atoms with Gasteiger partial charge in [0.15, 0.2) is 17.4 Å². The lowest BCUT2D eigenvalue weighted by molar-refractivity contribution is 0.253. The van der Waals surface area contributed by atoms with Crippen molar-refractivity contribution in [3.63, 3.8) is 0 Å². The largest absolute Gasteiger partial charge is 0.486 e. The van der Waals surface area contributed by atoms with E-state index in [-0.39, 0.29) is 40.1 Å². The molecular weight excluding hydrogens is 553 g/mol. The summed E-state index contributed by atoms with van der Waals surface area (Å²) >= 11 is 0. The van der Waals surface area contributed by atoms with Gasteiger partial charge in [-0.05, 0) is 74.8 Å². The molecule has 4 heterocycles. The van der Waals surface area contributed by atoms with Crippen molar-refractivity contribution in [2.75, 3.05) is 43.5 Å². The third-order valence-electron chi connectivity index (χ3n) is 8.38. The first kappa shape index (κ1) is 29.0. The minimum Gasteiger partial charge on any atom is -0.486 e. The summed E-state index contributed by atoms with van der Waals surface area (Å²) in [5.74, 6) is -1.24. The fraction of sp³-hybridized carbons (Fsp3) is 0.394. The van der Waals surface area contributed by atoms with Gasteiger partial charge in [0.2, 0.25) is 5.95 Å². The Kier molecular flexibility index (Phi) is 7.58. The van der Waals surface area contributed by atoms with E-state index in [1.807, 2.05) is 18.1 Å². The highest BCUT2D eigenvalue weighted by Gasteiger charge is 2.28. The number of anilines is 4. The monoisotopic (exact) mass is 590 g/mol. The lowest BCUT2D eigenvalue weighted by atomic mass is 9.89. The molecule has 6 rings (SSSR count). The summed E-state index contributed by atoms with van der Waals surface area (Å²) in [5, 5.41) is 2.99. The maximum Gasteiger partial charge on any atom is 0.227 e. The molecule has 1 fully saturated rings. The average Bonchev–Trinajstić information content (AvgIpc) is 3.36. The van der Waals surface area contributed by atoms with E-state index in [2.05, 4.69) is 58.6 Å². The van der Waals surface area contributed by atoms with Crippen LogP contribution in [0.5, 0.6) is 5.75 Å². The van der Waals surface area contributed by atoms with Gasteiger partial charge in [-0.3, -0.25) is 0 Å². The van der Waals surface area contributed by atoms with Crippen LogP contribution < -0.4 is 15.0 Å². The second kappa shape index (κ2) is 11.2. The van der Waals surface area contributed by atoms with Crippen molar-refractivity contribution in [2.45, 2.75) is 44.9 Å². The van der Waals surface area contributed by atoms with Crippen molar-refractivity contribution in [1.29, 1.82) is 0 Å². The van der Waals surface area contributed by atoms with Crippen molar-refractivity contribution in [3.8, 4) is 17.0 Å². The van der Waals surface area contributed by atoms with Crippen molar-refractivity contribution in [2.24, 2.45) is 7.05 Å². The number of hydrogen-bond acceptors (Lipinski definition) is 6. The Bertz CT molecular complexity index is 1660. The molecule has 1 N–H and O–H groups in total. The molecule has 10 heteroatoms. The van der Waals surface area contributed by atoms with E-state index >= 15 is 13.2 Å². The summed E-state index contributed by atoms with van der Waals surface area (Å²) in [6.07, 6.45) is 4.86. The predicted molar refractivity (Wildman–Crippen MR) is 163 cm³/mol. The Morgan fingerprint density at radius 3 is 2.40 bits per heavy atom. The lowest BCUT2D eigenvalue weighted by Gasteiger charge is -2.31. The standard InChI is InChI=1S/C33H37F3N6O/c1-33(2,3)29-17-23(19-41(29)5)42-12-13-43-31-26(35)14-21(15-28(31)42)30-27(36)18-37-32(39-30)38-22-6-7-24(25(34)16-22)20-8-10-40(4)11-9-20/h6-7,14-20H,8-13H2,1-5H3,(H,37,38,39). The number of nitrogens with zero attached hydrogens (tertiary/aromatic N) is 5. The average molecular weight is 591 g/mol. The molecule has 0 atom stereocenters. The summed E-state index contributed by atoms with van der Waals surface area (Å²) < 4.78 is 53.4. The molecule has 4 aromatic rings. The number of ether oxygens (including phenoxy) is 1. The number of nitrogens with one attached hydrogen (secondary N) is 1. The molecule has 226 valence electrons. The smallest absolute Gasteiger partial charge is 0.227 e. The summed E-state index contributed by atoms with van der Waals surface area (Å²) in [6.45, 7) is 9.10.